The van der Waals surface area contributed by atoms with Crippen molar-refractivity contribution in [2.24, 2.45) is 0 Å². The minimum Gasteiger partial charge on any atom is -0.412 e. The van der Waals surface area contributed by atoms with Crippen molar-refractivity contribution in [1.82, 2.24) is 0 Å². The highest BCUT2D eigenvalue weighted by atomic mass is 19.4. The normalized spacial score (nSPS) is 10.4. The third-order valence-electron chi connectivity index (χ3n) is 1.90. The van der Waals surface area contributed by atoms with Crippen molar-refractivity contribution < 1.29 is 33.0 Å². The standard InChI is InChI=1S/C11H9F3O3.H2O/c12-11(13,14)10(16)17-9(15)7-6-8-4-2-1-3-5-8;/h1-5H,6-7H2;1H2. The highest BCUT2D eigenvalue weighted by Gasteiger charge is 2.42. The molecule has 0 spiro atoms. The summed E-state index contributed by atoms with van der Waals surface area (Å²) in [5.74, 6) is -3.66. The van der Waals surface area contributed by atoms with Crippen molar-refractivity contribution in [3.8, 4) is 0 Å². The van der Waals surface area contributed by atoms with Crippen LogP contribution >= 0.6 is 0 Å². The maximum absolute atomic E-state index is 11.7. The van der Waals surface area contributed by atoms with Gasteiger partial charge in [-0.3, -0.25) is 4.79 Å². The summed E-state index contributed by atoms with van der Waals surface area (Å²) in [6.45, 7) is 0. The fraction of sp³-hybridized carbons (Fsp3) is 0.273. The van der Waals surface area contributed by atoms with Gasteiger partial charge in [-0.2, -0.15) is 13.2 Å². The number of rotatable bonds is 3. The number of benzene rings is 1. The highest BCUT2D eigenvalue weighted by molar-refractivity contribution is 5.88. The van der Waals surface area contributed by atoms with Gasteiger partial charge in [0.25, 0.3) is 0 Å². The maximum Gasteiger partial charge on any atom is 0.491 e. The Labute approximate surface area is 101 Å². The zero-order valence-electron chi connectivity index (χ0n) is 9.16. The number of alkyl halides is 3. The summed E-state index contributed by atoms with van der Waals surface area (Å²) < 4.78 is 38.9. The topological polar surface area (TPSA) is 74.9 Å². The van der Waals surface area contributed by atoms with E-state index in [1.807, 2.05) is 0 Å². The molecule has 1 aromatic rings. The molecule has 0 aliphatic carbocycles. The maximum atomic E-state index is 11.7. The van der Waals surface area contributed by atoms with Crippen molar-refractivity contribution in [3.05, 3.63) is 35.9 Å². The van der Waals surface area contributed by atoms with Crippen molar-refractivity contribution >= 4 is 11.9 Å². The molecule has 0 amide bonds. The molecule has 0 saturated heterocycles. The van der Waals surface area contributed by atoms with E-state index in [2.05, 4.69) is 4.74 Å². The van der Waals surface area contributed by atoms with Gasteiger partial charge in [-0.05, 0) is 12.0 Å². The molecular weight excluding hydrogens is 253 g/mol. The van der Waals surface area contributed by atoms with Gasteiger partial charge >= 0.3 is 18.1 Å². The summed E-state index contributed by atoms with van der Waals surface area (Å²) in [6, 6.07) is 8.69. The van der Waals surface area contributed by atoms with Crippen LogP contribution in [0.25, 0.3) is 0 Å². The third-order valence-corrected chi connectivity index (χ3v) is 1.90. The van der Waals surface area contributed by atoms with E-state index in [1.54, 1.807) is 30.3 Å². The first-order valence-electron chi connectivity index (χ1n) is 4.75. The van der Waals surface area contributed by atoms with Crippen LogP contribution in [0.4, 0.5) is 13.2 Å². The van der Waals surface area contributed by atoms with Crippen molar-refractivity contribution in [1.29, 1.82) is 0 Å². The molecule has 7 heteroatoms. The van der Waals surface area contributed by atoms with Crippen molar-refractivity contribution in [2.75, 3.05) is 0 Å². The van der Waals surface area contributed by atoms with Crippen LogP contribution in [0, 0.1) is 0 Å². The highest BCUT2D eigenvalue weighted by Crippen LogP contribution is 2.17. The molecule has 4 nitrogen and oxygen atoms in total. The number of hydrogen-bond acceptors (Lipinski definition) is 3. The monoisotopic (exact) mass is 264 g/mol. The summed E-state index contributed by atoms with van der Waals surface area (Å²) in [5, 5.41) is 0. The van der Waals surface area contributed by atoms with Crippen LogP contribution < -0.4 is 0 Å². The van der Waals surface area contributed by atoms with Crippen LogP contribution in [-0.2, 0) is 20.7 Å². The minimum absolute atomic E-state index is 0. The average Bonchev–Trinajstić information content (AvgIpc) is 2.26. The van der Waals surface area contributed by atoms with Gasteiger partial charge in [0.15, 0.2) is 0 Å². The van der Waals surface area contributed by atoms with E-state index in [9.17, 15) is 22.8 Å². The van der Waals surface area contributed by atoms with Crippen molar-refractivity contribution in [3.63, 3.8) is 0 Å². The van der Waals surface area contributed by atoms with E-state index in [0.29, 0.717) is 0 Å². The molecule has 0 bridgehead atoms. The first-order chi connectivity index (χ1) is 7.89. The summed E-state index contributed by atoms with van der Waals surface area (Å²) in [4.78, 5) is 21.2. The number of halogens is 3. The van der Waals surface area contributed by atoms with Gasteiger partial charge < -0.3 is 10.2 Å². The summed E-state index contributed by atoms with van der Waals surface area (Å²) >= 11 is 0. The Morgan fingerprint density at radius 2 is 1.67 bits per heavy atom. The number of ether oxygens (including phenoxy) is 1. The lowest BCUT2D eigenvalue weighted by Crippen LogP contribution is -2.28. The number of aryl methyl sites for hydroxylation is 1. The molecule has 0 heterocycles. The summed E-state index contributed by atoms with van der Waals surface area (Å²) in [6.07, 6.45) is -5.18. The van der Waals surface area contributed by atoms with Gasteiger partial charge in [-0.15, -0.1) is 0 Å². The van der Waals surface area contributed by atoms with E-state index >= 15 is 0 Å². The molecule has 1 aromatic carbocycles. The van der Waals surface area contributed by atoms with E-state index in [0.717, 1.165) is 5.56 Å². The molecule has 2 N–H and O–H groups in total. The molecule has 0 atom stereocenters. The molecular formula is C11H11F3O4. The fourth-order valence-electron chi connectivity index (χ4n) is 1.10. The molecule has 0 unspecified atom stereocenters. The zero-order chi connectivity index (χ0) is 12.9. The lowest BCUT2D eigenvalue weighted by Gasteiger charge is -2.05. The van der Waals surface area contributed by atoms with Gasteiger partial charge in [0.2, 0.25) is 0 Å². The van der Waals surface area contributed by atoms with Crippen LogP contribution in [0.3, 0.4) is 0 Å². The smallest absolute Gasteiger partial charge is 0.412 e. The molecule has 0 aliphatic heterocycles. The van der Waals surface area contributed by atoms with Crippen LogP contribution in [-0.4, -0.2) is 23.6 Å². The summed E-state index contributed by atoms with van der Waals surface area (Å²) in [5.41, 5.74) is 0.781. The molecule has 1 rings (SSSR count). The zero-order valence-corrected chi connectivity index (χ0v) is 9.16. The predicted octanol–water partition coefficient (Wildman–Crippen LogP) is 1.43. The molecule has 0 aromatic heterocycles. The van der Waals surface area contributed by atoms with E-state index in [4.69, 9.17) is 0 Å². The lowest BCUT2D eigenvalue weighted by molar-refractivity contribution is -0.201. The Morgan fingerprint density at radius 3 is 2.17 bits per heavy atom. The van der Waals surface area contributed by atoms with Crippen molar-refractivity contribution in [2.45, 2.75) is 19.0 Å². The molecule has 0 saturated carbocycles. The SMILES string of the molecule is O.O=C(CCc1ccccc1)OC(=O)C(F)(F)F. The second-order valence-corrected chi connectivity index (χ2v) is 3.24. The van der Waals surface area contributed by atoms with Crippen LogP contribution in [0.5, 0.6) is 0 Å². The Kier molecular flexibility index (Phi) is 6.04. The molecule has 100 valence electrons. The van der Waals surface area contributed by atoms with E-state index < -0.39 is 18.1 Å². The third kappa shape index (κ3) is 5.44. The second-order valence-electron chi connectivity index (χ2n) is 3.24. The molecule has 18 heavy (non-hydrogen) atoms. The van der Waals surface area contributed by atoms with Gasteiger partial charge in [0, 0.05) is 0 Å². The number of esters is 2. The second kappa shape index (κ2) is 6.75. The minimum atomic E-state index is -5.14. The first-order valence-corrected chi connectivity index (χ1v) is 4.75. The predicted molar refractivity (Wildman–Crippen MR) is 55.5 cm³/mol. The van der Waals surface area contributed by atoms with Gasteiger partial charge in [0.1, 0.15) is 0 Å². The Bertz CT molecular complexity index is 400. The molecule has 0 fully saturated rings. The van der Waals surface area contributed by atoms with Crippen LogP contribution in [0.1, 0.15) is 12.0 Å². The number of carbonyl (C=O) groups excluding carboxylic acids is 2. The van der Waals surface area contributed by atoms with Gasteiger partial charge in [-0.1, -0.05) is 30.3 Å². The van der Waals surface area contributed by atoms with Crippen LogP contribution in [0.15, 0.2) is 30.3 Å². The van der Waals surface area contributed by atoms with E-state index in [-0.39, 0.29) is 18.3 Å². The number of carbonyl (C=O) groups is 2. The summed E-state index contributed by atoms with van der Waals surface area (Å²) in [7, 11) is 0. The first kappa shape index (κ1) is 16.1. The fourth-order valence-corrected chi connectivity index (χ4v) is 1.10. The number of hydrogen-bond donors (Lipinski definition) is 0. The van der Waals surface area contributed by atoms with Crippen LogP contribution in [0.2, 0.25) is 0 Å². The quantitative estimate of drug-likeness (QED) is 0.612. The lowest BCUT2D eigenvalue weighted by atomic mass is 10.1. The average molecular weight is 264 g/mol. The van der Waals surface area contributed by atoms with Gasteiger partial charge in [-0.25, -0.2) is 4.79 Å². The molecule has 0 aliphatic rings. The largest absolute Gasteiger partial charge is 0.491 e. The molecule has 0 radical (unpaired) electrons. The Hall–Kier alpha value is -1.89. The Balaban J connectivity index is 0.00000289. The van der Waals surface area contributed by atoms with Gasteiger partial charge in [0.05, 0.1) is 6.42 Å². The van der Waals surface area contributed by atoms with E-state index in [1.165, 1.54) is 0 Å². The Morgan fingerprint density at radius 1 is 1.11 bits per heavy atom.